The maximum absolute atomic E-state index is 11.7. The first kappa shape index (κ1) is 14.7. The van der Waals surface area contributed by atoms with Gasteiger partial charge < -0.3 is 9.16 Å². The second-order valence-electron chi connectivity index (χ2n) is 5.03. The molecule has 0 aliphatic rings. The van der Waals surface area contributed by atoms with Crippen LogP contribution in [0.15, 0.2) is 24.3 Å². The monoisotopic (exact) mass is 267 g/mol. The molecule has 1 rings (SSSR count). The summed E-state index contributed by atoms with van der Waals surface area (Å²) in [7, 11) is -0.0388. The van der Waals surface area contributed by atoms with E-state index < -0.39 is 8.32 Å². The maximum atomic E-state index is 11.7. The predicted octanol–water partition coefficient (Wildman–Crippen LogP) is 2.86. The Hall–Kier alpha value is -1.33. The molecule has 0 aliphatic heterocycles. The normalized spacial score (nSPS) is 11.2. The average molecular weight is 267 g/mol. The van der Waals surface area contributed by atoms with Crippen molar-refractivity contribution in [3.05, 3.63) is 24.3 Å². The van der Waals surface area contributed by atoms with Crippen LogP contribution < -0.4 is 9.64 Å². The summed E-state index contributed by atoms with van der Waals surface area (Å²) in [5, 5.41) is 0. The molecule has 0 saturated heterocycles. The van der Waals surface area contributed by atoms with Crippen molar-refractivity contribution in [3.8, 4) is 5.75 Å². The molecule has 1 aromatic rings. The molecule has 0 unspecified atom stereocenters. The molecule has 0 aliphatic carbocycles. The van der Waals surface area contributed by atoms with Crippen LogP contribution in [0.25, 0.3) is 0 Å². The molecule has 1 amide bonds. The van der Waals surface area contributed by atoms with Gasteiger partial charge in [-0.25, -0.2) is 0 Å². The van der Waals surface area contributed by atoms with Gasteiger partial charge in [0, 0.05) is 18.7 Å². The van der Waals surface area contributed by atoms with Crippen LogP contribution >= 0.6 is 0 Å². The molecule has 100 valence electrons. The number of anilines is 1. The molecule has 0 aromatic heterocycles. The van der Waals surface area contributed by atoms with Gasteiger partial charge in [0.1, 0.15) is 12.5 Å². The van der Waals surface area contributed by atoms with Crippen LogP contribution in [0.4, 0.5) is 5.69 Å². The van der Waals surface area contributed by atoms with Crippen molar-refractivity contribution >= 4 is 19.9 Å². The number of benzene rings is 1. The van der Waals surface area contributed by atoms with Crippen LogP contribution in [0.3, 0.4) is 0 Å². The van der Waals surface area contributed by atoms with E-state index in [1.54, 1.807) is 12.0 Å². The molecule has 5 heteroatoms. The molecule has 0 radical (unpaired) electrons. The molecule has 1 aromatic carbocycles. The molecule has 0 fully saturated rings. The van der Waals surface area contributed by atoms with Crippen molar-refractivity contribution in [1.29, 1.82) is 0 Å². The lowest BCUT2D eigenvalue weighted by Crippen LogP contribution is -2.37. The van der Waals surface area contributed by atoms with Gasteiger partial charge in [0.2, 0.25) is 5.91 Å². The van der Waals surface area contributed by atoms with E-state index in [0.29, 0.717) is 0 Å². The zero-order valence-corrected chi connectivity index (χ0v) is 12.7. The van der Waals surface area contributed by atoms with Crippen LogP contribution in [0.2, 0.25) is 19.6 Å². The van der Waals surface area contributed by atoms with E-state index in [9.17, 15) is 4.79 Å². The summed E-state index contributed by atoms with van der Waals surface area (Å²) in [4.78, 5) is 13.3. The fourth-order valence-electron chi connectivity index (χ4n) is 1.38. The Balaban J connectivity index is 2.87. The first-order chi connectivity index (χ1) is 8.33. The van der Waals surface area contributed by atoms with Crippen LogP contribution in [-0.2, 0) is 9.22 Å². The minimum Gasteiger partial charge on any atom is -0.497 e. The summed E-state index contributed by atoms with van der Waals surface area (Å²) in [6, 6.07) is 7.41. The Morgan fingerprint density at radius 3 is 2.50 bits per heavy atom. The summed E-state index contributed by atoms with van der Waals surface area (Å²) in [6.45, 7) is 8.11. The number of nitrogens with zero attached hydrogens (tertiary/aromatic N) is 1. The Labute approximate surface area is 110 Å². The van der Waals surface area contributed by atoms with Crippen molar-refractivity contribution in [2.75, 3.05) is 18.7 Å². The second kappa shape index (κ2) is 6.02. The van der Waals surface area contributed by atoms with Crippen LogP contribution in [0.5, 0.6) is 5.75 Å². The molecule has 18 heavy (non-hydrogen) atoms. The standard InChI is InChI=1S/C13H21NO3Si/c1-11(15)14(10-17-18(3,4)5)12-7-6-8-13(9-12)16-2/h6-9H,10H2,1-5H3. The Kier molecular flexibility index (Phi) is 4.92. The lowest BCUT2D eigenvalue weighted by molar-refractivity contribution is -0.117. The highest BCUT2D eigenvalue weighted by Gasteiger charge is 2.19. The zero-order valence-electron chi connectivity index (χ0n) is 11.7. The number of methoxy groups -OCH3 is 1. The van der Waals surface area contributed by atoms with E-state index in [1.807, 2.05) is 24.3 Å². The number of hydrogen-bond donors (Lipinski definition) is 0. The number of amides is 1. The highest BCUT2D eigenvalue weighted by atomic mass is 28.4. The maximum Gasteiger partial charge on any atom is 0.225 e. The molecule has 0 spiro atoms. The number of hydrogen-bond acceptors (Lipinski definition) is 3. The SMILES string of the molecule is COc1cccc(N(CO[Si](C)(C)C)C(C)=O)c1. The first-order valence-electron chi connectivity index (χ1n) is 5.89. The summed E-state index contributed by atoms with van der Waals surface area (Å²) in [5.41, 5.74) is 0.792. The number of rotatable bonds is 5. The number of carbonyl (C=O) groups is 1. The zero-order chi connectivity index (χ0) is 13.8. The molecular formula is C13H21NO3Si. The molecule has 0 N–H and O–H groups in total. The molecule has 4 nitrogen and oxygen atoms in total. The molecule has 0 saturated carbocycles. The third-order valence-electron chi connectivity index (χ3n) is 2.37. The molecular weight excluding hydrogens is 246 g/mol. The minimum atomic E-state index is -1.65. The van der Waals surface area contributed by atoms with Crippen LogP contribution in [-0.4, -0.2) is 28.1 Å². The van der Waals surface area contributed by atoms with Crippen molar-refractivity contribution < 1.29 is 14.0 Å². The highest BCUT2D eigenvalue weighted by Crippen LogP contribution is 2.21. The van der Waals surface area contributed by atoms with E-state index >= 15 is 0 Å². The van der Waals surface area contributed by atoms with E-state index in [4.69, 9.17) is 9.16 Å². The smallest absolute Gasteiger partial charge is 0.225 e. The van der Waals surface area contributed by atoms with E-state index in [-0.39, 0.29) is 12.6 Å². The van der Waals surface area contributed by atoms with E-state index in [0.717, 1.165) is 11.4 Å². The minimum absolute atomic E-state index is 0.0403. The van der Waals surface area contributed by atoms with Gasteiger partial charge >= 0.3 is 0 Å². The van der Waals surface area contributed by atoms with Crippen LogP contribution in [0, 0.1) is 0 Å². The molecule has 0 bridgehead atoms. The number of carbonyl (C=O) groups excluding carboxylic acids is 1. The second-order valence-corrected chi connectivity index (χ2v) is 9.55. The summed E-state index contributed by atoms with van der Waals surface area (Å²) < 4.78 is 10.9. The Morgan fingerprint density at radius 1 is 1.33 bits per heavy atom. The van der Waals surface area contributed by atoms with Gasteiger partial charge in [0.25, 0.3) is 0 Å². The predicted molar refractivity (Wildman–Crippen MR) is 75.5 cm³/mol. The van der Waals surface area contributed by atoms with Gasteiger partial charge in [0.05, 0.1) is 7.11 Å². The van der Waals surface area contributed by atoms with Gasteiger partial charge in [-0.2, -0.15) is 0 Å². The van der Waals surface area contributed by atoms with Gasteiger partial charge in [-0.15, -0.1) is 0 Å². The third kappa shape index (κ3) is 4.50. The summed E-state index contributed by atoms with van der Waals surface area (Å²) in [6.07, 6.45) is 0. The van der Waals surface area contributed by atoms with E-state index in [2.05, 4.69) is 19.6 Å². The summed E-state index contributed by atoms with van der Waals surface area (Å²) in [5.74, 6) is 0.688. The fourth-order valence-corrected chi connectivity index (χ4v) is 1.90. The topological polar surface area (TPSA) is 38.8 Å². The highest BCUT2D eigenvalue weighted by molar-refractivity contribution is 6.69. The lowest BCUT2D eigenvalue weighted by atomic mass is 10.3. The average Bonchev–Trinajstić information content (AvgIpc) is 2.27. The molecule has 0 atom stereocenters. The van der Waals surface area contributed by atoms with Crippen molar-refractivity contribution in [3.63, 3.8) is 0 Å². The van der Waals surface area contributed by atoms with Crippen molar-refractivity contribution in [2.45, 2.75) is 26.6 Å². The van der Waals surface area contributed by atoms with Crippen molar-refractivity contribution in [1.82, 2.24) is 0 Å². The van der Waals surface area contributed by atoms with Gasteiger partial charge in [-0.3, -0.25) is 9.69 Å². The third-order valence-corrected chi connectivity index (χ3v) is 3.37. The quantitative estimate of drug-likeness (QED) is 0.608. The Bertz CT molecular complexity index is 415. The fraction of sp³-hybridized carbons (Fsp3) is 0.462. The van der Waals surface area contributed by atoms with Gasteiger partial charge in [-0.1, -0.05) is 6.07 Å². The van der Waals surface area contributed by atoms with E-state index in [1.165, 1.54) is 6.92 Å². The lowest BCUT2D eigenvalue weighted by Gasteiger charge is -2.26. The van der Waals surface area contributed by atoms with Crippen LogP contribution in [0.1, 0.15) is 6.92 Å². The number of ether oxygens (including phenoxy) is 1. The molecule has 0 heterocycles. The Morgan fingerprint density at radius 2 is 2.00 bits per heavy atom. The largest absolute Gasteiger partial charge is 0.497 e. The summed E-state index contributed by atoms with van der Waals surface area (Å²) >= 11 is 0. The van der Waals surface area contributed by atoms with Gasteiger partial charge in [0.15, 0.2) is 8.32 Å². The first-order valence-corrected chi connectivity index (χ1v) is 9.30. The van der Waals surface area contributed by atoms with Gasteiger partial charge in [-0.05, 0) is 31.8 Å². The van der Waals surface area contributed by atoms with Crippen molar-refractivity contribution in [2.24, 2.45) is 0 Å².